The third-order valence-electron chi connectivity index (χ3n) is 3.54. The molecule has 1 aliphatic rings. The van der Waals surface area contributed by atoms with Crippen LogP contribution in [0.2, 0.25) is 0 Å². The van der Waals surface area contributed by atoms with E-state index in [4.69, 9.17) is 0 Å². The van der Waals surface area contributed by atoms with Gasteiger partial charge in [0, 0.05) is 17.3 Å². The first-order chi connectivity index (χ1) is 7.22. The lowest BCUT2D eigenvalue weighted by atomic mass is 10.0. The second-order valence-corrected chi connectivity index (χ2v) is 5.12. The lowest BCUT2D eigenvalue weighted by Gasteiger charge is -2.22. The van der Waals surface area contributed by atoms with Crippen molar-refractivity contribution in [3.05, 3.63) is 0 Å². The molecule has 0 saturated heterocycles. The average Bonchev–Trinajstić information content (AvgIpc) is 2.67. The summed E-state index contributed by atoms with van der Waals surface area (Å²) >= 11 is 3.53. The van der Waals surface area contributed by atoms with Crippen LogP contribution in [0.1, 0.15) is 46.0 Å². The highest BCUT2D eigenvalue weighted by atomic mass is 79.9. The average molecular weight is 276 g/mol. The van der Waals surface area contributed by atoms with Crippen LogP contribution in [0.25, 0.3) is 0 Å². The van der Waals surface area contributed by atoms with Crippen LogP contribution in [-0.2, 0) is 4.79 Å². The van der Waals surface area contributed by atoms with Crippen molar-refractivity contribution in [3.8, 4) is 0 Å². The Hall–Kier alpha value is -0.0500. The van der Waals surface area contributed by atoms with Gasteiger partial charge in [0.1, 0.15) is 0 Å². The summed E-state index contributed by atoms with van der Waals surface area (Å²) in [7, 11) is 0. The highest BCUT2D eigenvalue weighted by Gasteiger charge is 2.28. The fraction of sp³-hybridized carbons (Fsp3) is 0.917. The Kier molecular flexibility index (Phi) is 5.65. The zero-order chi connectivity index (χ0) is 11.3. The highest BCUT2D eigenvalue weighted by Crippen LogP contribution is 2.27. The Balaban J connectivity index is 2.42. The van der Waals surface area contributed by atoms with Gasteiger partial charge in [-0.2, -0.15) is 0 Å². The summed E-state index contributed by atoms with van der Waals surface area (Å²) in [6, 6.07) is 0.414. The van der Waals surface area contributed by atoms with Crippen LogP contribution in [0, 0.1) is 11.8 Å². The summed E-state index contributed by atoms with van der Waals surface area (Å²) < 4.78 is 0. The van der Waals surface area contributed by atoms with Gasteiger partial charge in [-0.3, -0.25) is 4.79 Å². The summed E-state index contributed by atoms with van der Waals surface area (Å²) in [6.07, 6.45) is 5.56. The van der Waals surface area contributed by atoms with Crippen molar-refractivity contribution >= 4 is 21.8 Å². The number of hydrogen-bond donors (Lipinski definition) is 1. The van der Waals surface area contributed by atoms with Crippen molar-refractivity contribution in [1.29, 1.82) is 0 Å². The molecule has 0 aromatic carbocycles. The summed E-state index contributed by atoms with van der Waals surface area (Å²) in [5.74, 6) is 1.11. The second kappa shape index (κ2) is 6.51. The molecule has 0 aromatic rings. The molecular weight excluding hydrogens is 254 g/mol. The molecule has 0 spiro atoms. The normalized spacial score (nSPS) is 25.9. The molecule has 1 rings (SSSR count). The minimum atomic E-state index is 0.210. The molecule has 3 heteroatoms. The van der Waals surface area contributed by atoms with E-state index < -0.39 is 0 Å². The lowest BCUT2D eigenvalue weighted by molar-refractivity contribution is -0.126. The van der Waals surface area contributed by atoms with Crippen LogP contribution in [0.3, 0.4) is 0 Å². The first kappa shape index (κ1) is 13.0. The molecule has 1 N–H and O–H groups in total. The standard InChI is InChI=1S/C12H22BrNO/c1-3-9(4-2)12(15)14-11-7-5-6-10(11)8-13/h9-11H,3-8H2,1-2H3,(H,14,15). The largest absolute Gasteiger partial charge is 0.353 e. The number of halogens is 1. The van der Waals surface area contributed by atoms with Gasteiger partial charge >= 0.3 is 0 Å². The number of carbonyl (C=O) groups excluding carboxylic acids is 1. The maximum absolute atomic E-state index is 11.9. The van der Waals surface area contributed by atoms with E-state index in [1.165, 1.54) is 12.8 Å². The predicted molar refractivity (Wildman–Crippen MR) is 67.1 cm³/mol. The van der Waals surface area contributed by atoms with Crippen molar-refractivity contribution in [1.82, 2.24) is 5.32 Å². The van der Waals surface area contributed by atoms with Gasteiger partial charge in [-0.15, -0.1) is 0 Å². The van der Waals surface area contributed by atoms with E-state index in [1.807, 2.05) is 0 Å². The van der Waals surface area contributed by atoms with E-state index in [-0.39, 0.29) is 11.8 Å². The minimum absolute atomic E-state index is 0.210. The number of hydrogen-bond acceptors (Lipinski definition) is 1. The summed E-state index contributed by atoms with van der Waals surface area (Å²) in [5, 5.41) is 4.23. The van der Waals surface area contributed by atoms with Crippen molar-refractivity contribution in [2.75, 3.05) is 5.33 Å². The van der Waals surface area contributed by atoms with Gasteiger partial charge in [0.2, 0.25) is 5.91 Å². The quantitative estimate of drug-likeness (QED) is 0.768. The van der Waals surface area contributed by atoms with E-state index >= 15 is 0 Å². The van der Waals surface area contributed by atoms with E-state index in [1.54, 1.807) is 0 Å². The van der Waals surface area contributed by atoms with Crippen molar-refractivity contribution in [2.24, 2.45) is 11.8 Å². The van der Waals surface area contributed by atoms with Gasteiger partial charge in [0.25, 0.3) is 0 Å². The highest BCUT2D eigenvalue weighted by molar-refractivity contribution is 9.09. The van der Waals surface area contributed by atoms with Crippen LogP contribution >= 0.6 is 15.9 Å². The molecule has 0 aromatic heterocycles. The maximum atomic E-state index is 11.9. The molecule has 0 bridgehead atoms. The first-order valence-electron chi connectivity index (χ1n) is 6.09. The van der Waals surface area contributed by atoms with Gasteiger partial charge in [0.05, 0.1) is 0 Å². The molecule has 1 fully saturated rings. The predicted octanol–water partition coefficient (Wildman–Crippen LogP) is 3.10. The number of nitrogens with one attached hydrogen (secondary N) is 1. The molecule has 88 valence electrons. The molecule has 1 saturated carbocycles. The Morgan fingerprint density at radius 1 is 1.40 bits per heavy atom. The van der Waals surface area contributed by atoms with Crippen molar-refractivity contribution in [3.63, 3.8) is 0 Å². The van der Waals surface area contributed by atoms with E-state index in [0.717, 1.165) is 24.6 Å². The topological polar surface area (TPSA) is 29.1 Å². The molecule has 2 unspecified atom stereocenters. The second-order valence-electron chi connectivity index (χ2n) is 4.47. The Bertz CT molecular complexity index is 204. The fourth-order valence-electron chi connectivity index (χ4n) is 2.37. The van der Waals surface area contributed by atoms with Gasteiger partial charge in [-0.1, -0.05) is 36.2 Å². The molecule has 1 amide bonds. The molecule has 15 heavy (non-hydrogen) atoms. The molecule has 2 nitrogen and oxygen atoms in total. The Labute approximate surface area is 101 Å². The number of rotatable bonds is 5. The summed E-state index contributed by atoms with van der Waals surface area (Å²) in [6.45, 7) is 4.18. The Morgan fingerprint density at radius 2 is 2.07 bits per heavy atom. The van der Waals surface area contributed by atoms with Crippen molar-refractivity contribution < 1.29 is 4.79 Å². The smallest absolute Gasteiger partial charge is 0.223 e. The summed E-state index contributed by atoms with van der Waals surface area (Å²) in [4.78, 5) is 11.9. The molecule has 0 heterocycles. The number of alkyl halides is 1. The van der Waals surface area contributed by atoms with Crippen LogP contribution in [-0.4, -0.2) is 17.3 Å². The van der Waals surface area contributed by atoms with Gasteiger partial charge in [-0.25, -0.2) is 0 Å². The van der Waals surface area contributed by atoms with Crippen molar-refractivity contribution in [2.45, 2.75) is 52.0 Å². The fourth-order valence-corrected chi connectivity index (χ4v) is 3.15. The van der Waals surface area contributed by atoms with Crippen LogP contribution in [0.4, 0.5) is 0 Å². The third-order valence-corrected chi connectivity index (χ3v) is 4.37. The molecular formula is C12H22BrNO. The summed E-state index contributed by atoms with van der Waals surface area (Å²) in [5.41, 5.74) is 0. The third kappa shape index (κ3) is 3.47. The first-order valence-corrected chi connectivity index (χ1v) is 7.21. The Morgan fingerprint density at radius 3 is 2.60 bits per heavy atom. The molecule has 2 atom stereocenters. The number of carbonyl (C=O) groups is 1. The van der Waals surface area contributed by atoms with Gasteiger partial charge in [-0.05, 0) is 31.6 Å². The van der Waals surface area contributed by atoms with E-state index in [0.29, 0.717) is 12.0 Å². The molecule has 1 aliphatic carbocycles. The monoisotopic (exact) mass is 275 g/mol. The maximum Gasteiger partial charge on any atom is 0.223 e. The SMILES string of the molecule is CCC(CC)C(=O)NC1CCCC1CBr. The lowest BCUT2D eigenvalue weighted by Crippen LogP contribution is -2.41. The van der Waals surface area contributed by atoms with Gasteiger partial charge < -0.3 is 5.32 Å². The van der Waals surface area contributed by atoms with E-state index in [2.05, 4.69) is 35.1 Å². The van der Waals surface area contributed by atoms with Gasteiger partial charge in [0.15, 0.2) is 0 Å². The zero-order valence-corrected chi connectivity index (χ0v) is 11.3. The minimum Gasteiger partial charge on any atom is -0.353 e. The number of amides is 1. The molecule has 0 aliphatic heterocycles. The zero-order valence-electron chi connectivity index (χ0n) is 9.76. The van der Waals surface area contributed by atoms with Crippen LogP contribution < -0.4 is 5.32 Å². The van der Waals surface area contributed by atoms with Crippen LogP contribution in [0.5, 0.6) is 0 Å². The van der Waals surface area contributed by atoms with E-state index in [9.17, 15) is 4.79 Å². The molecule has 0 radical (unpaired) electrons. The van der Waals surface area contributed by atoms with Crippen LogP contribution in [0.15, 0.2) is 0 Å².